The highest BCUT2D eigenvalue weighted by molar-refractivity contribution is 5.95. The molecule has 1 N–H and O–H groups in total. The summed E-state index contributed by atoms with van der Waals surface area (Å²) in [6, 6.07) is 10.5. The molecule has 3 aromatic rings. The maximum atomic E-state index is 13.8. The van der Waals surface area contributed by atoms with Crippen LogP contribution in [0.2, 0.25) is 0 Å². The summed E-state index contributed by atoms with van der Waals surface area (Å²) < 4.78 is 19.4. The fourth-order valence-corrected chi connectivity index (χ4v) is 2.14. The van der Waals surface area contributed by atoms with Gasteiger partial charge in [-0.05, 0) is 24.6 Å². The summed E-state index contributed by atoms with van der Waals surface area (Å²) in [5.41, 5.74) is 0.854. The first kappa shape index (κ1) is 11.9. The fraction of sp³-hybridized carbons (Fsp3) is 0.133. The van der Waals surface area contributed by atoms with Gasteiger partial charge < -0.3 is 9.73 Å². The van der Waals surface area contributed by atoms with Crippen LogP contribution in [0, 0.1) is 5.82 Å². The van der Waals surface area contributed by atoms with E-state index >= 15 is 0 Å². The third-order valence-corrected chi connectivity index (χ3v) is 3.02. The number of halogens is 1. The molecule has 0 aliphatic heterocycles. The number of oxazole rings is 1. The maximum absolute atomic E-state index is 13.8. The van der Waals surface area contributed by atoms with Gasteiger partial charge in [-0.2, -0.15) is 0 Å². The lowest BCUT2D eigenvalue weighted by atomic mass is 10.0. The van der Waals surface area contributed by atoms with E-state index in [1.54, 1.807) is 18.3 Å². The average molecular weight is 256 g/mol. The van der Waals surface area contributed by atoms with Crippen LogP contribution < -0.4 is 5.32 Å². The van der Waals surface area contributed by atoms with Crippen molar-refractivity contribution in [2.24, 2.45) is 0 Å². The third kappa shape index (κ3) is 2.11. The van der Waals surface area contributed by atoms with Crippen LogP contribution in [0.15, 0.2) is 47.0 Å². The normalized spacial score (nSPS) is 11.1. The molecule has 0 aliphatic carbocycles. The van der Waals surface area contributed by atoms with E-state index in [2.05, 4.69) is 10.3 Å². The van der Waals surface area contributed by atoms with E-state index < -0.39 is 0 Å². The van der Waals surface area contributed by atoms with E-state index in [-0.39, 0.29) is 5.82 Å². The largest absolute Gasteiger partial charge is 0.439 e. The Hall–Kier alpha value is -2.20. The summed E-state index contributed by atoms with van der Waals surface area (Å²) in [5.74, 6) is 1.04. The Bertz CT molecular complexity index is 721. The quantitative estimate of drug-likeness (QED) is 0.781. The number of nitrogens with zero attached hydrogens (tertiary/aromatic N) is 1. The highest BCUT2D eigenvalue weighted by atomic mass is 19.1. The van der Waals surface area contributed by atoms with Crippen molar-refractivity contribution in [3.8, 4) is 11.3 Å². The molecule has 0 bridgehead atoms. The SMILES string of the molecule is CNCc1ncc(-c2ccc(F)c3ccccc23)o1. The maximum Gasteiger partial charge on any atom is 0.208 e. The monoisotopic (exact) mass is 256 g/mol. The number of fused-ring (bicyclic) bond motifs is 1. The van der Waals surface area contributed by atoms with E-state index in [1.165, 1.54) is 6.07 Å². The molecule has 1 heterocycles. The Labute approximate surface area is 110 Å². The second-order valence-electron chi connectivity index (χ2n) is 4.29. The molecule has 0 fully saturated rings. The minimum atomic E-state index is -0.227. The van der Waals surface area contributed by atoms with Gasteiger partial charge in [-0.25, -0.2) is 9.37 Å². The second-order valence-corrected chi connectivity index (χ2v) is 4.29. The van der Waals surface area contributed by atoms with E-state index in [4.69, 9.17) is 4.42 Å². The van der Waals surface area contributed by atoms with Crippen molar-refractivity contribution >= 4 is 10.8 Å². The summed E-state index contributed by atoms with van der Waals surface area (Å²) in [7, 11) is 1.83. The highest BCUT2D eigenvalue weighted by Crippen LogP contribution is 2.30. The molecule has 0 spiro atoms. The van der Waals surface area contributed by atoms with Crippen molar-refractivity contribution in [3.05, 3.63) is 54.3 Å². The summed E-state index contributed by atoms with van der Waals surface area (Å²) in [6.45, 7) is 0.569. The average Bonchev–Trinajstić information content (AvgIpc) is 2.88. The Kier molecular flexibility index (Phi) is 3.01. The zero-order valence-electron chi connectivity index (χ0n) is 10.5. The van der Waals surface area contributed by atoms with Crippen LogP contribution in [0.4, 0.5) is 4.39 Å². The molecule has 0 aliphatic rings. The number of rotatable bonds is 3. The van der Waals surface area contributed by atoms with Crippen molar-refractivity contribution in [1.29, 1.82) is 0 Å². The highest BCUT2D eigenvalue weighted by Gasteiger charge is 2.11. The van der Waals surface area contributed by atoms with E-state index in [9.17, 15) is 4.39 Å². The van der Waals surface area contributed by atoms with E-state index in [0.717, 1.165) is 10.9 Å². The molecule has 96 valence electrons. The molecule has 4 heteroatoms. The van der Waals surface area contributed by atoms with Crippen LogP contribution in [-0.4, -0.2) is 12.0 Å². The lowest BCUT2D eigenvalue weighted by Gasteiger charge is -2.04. The number of nitrogens with one attached hydrogen (secondary N) is 1. The first-order chi connectivity index (χ1) is 9.29. The van der Waals surface area contributed by atoms with Crippen molar-refractivity contribution in [3.63, 3.8) is 0 Å². The van der Waals surface area contributed by atoms with Crippen LogP contribution in [0.3, 0.4) is 0 Å². The minimum absolute atomic E-state index is 0.227. The molecule has 0 atom stereocenters. The molecule has 3 rings (SSSR count). The molecule has 19 heavy (non-hydrogen) atoms. The molecule has 0 saturated heterocycles. The van der Waals surface area contributed by atoms with Gasteiger partial charge >= 0.3 is 0 Å². The van der Waals surface area contributed by atoms with Crippen molar-refractivity contribution in [2.75, 3.05) is 7.05 Å². The molecule has 0 radical (unpaired) electrons. The van der Waals surface area contributed by atoms with E-state index in [0.29, 0.717) is 23.6 Å². The molecule has 0 unspecified atom stereocenters. The molecular weight excluding hydrogens is 243 g/mol. The van der Waals surface area contributed by atoms with Crippen LogP contribution >= 0.6 is 0 Å². The topological polar surface area (TPSA) is 38.1 Å². The van der Waals surface area contributed by atoms with Crippen LogP contribution in [0.25, 0.3) is 22.1 Å². The lowest BCUT2D eigenvalue weighted by Crippen LogP contribution is -2.04. The van der Waals surface area contributed by atoms with Crippen LogP contribution in [0.5, 0.6) is 0 Å². The predicted molar refractivity (Wildman–Crippen MR) is 72.2 cm³/mol. The lowest BCUT2D eigenvalue weighted by molar-refractivity contribution is 0.491. The predicted octanol–water partition coefficient (Wildman–Crippen LogP) is 3.35. The Balaban J connectivity index is 2.16. The second kappa shape index (κ2) is 4.82. The van der Waals surface area contributed by atoms with Gasteiger partial charge in [0.1, 0.15) is 5.82 Å². The molecule has 2 aromatic carbocycles. The van der Waals surface area contributed by atoms with Gasteiger partial charge in [0, 0.05) is 10.9 Å². The molecular formula is C15H13FN2O. The number of hydrogen-bond acceptors (Lipinski definition) is 3. The Morgan fingerprint density at radius 3 is 2.74 bits per heavy atom. The van der Waals surface area contributed by atoms with Crippen LogP contribution in [0.1, 0.15) is 5.89 Å². The van der Waals surface area contributed by atoms with Crippen LogP contribution in [-0.2, 0) is 6.54 Å². The smallest absolute Gasteiger partial charge is 0.208 e. The van der Waals surface area contributed by atoms with Gasteiger partial charge in [0.15, 0.2) is 5.76 Å². The summed E-state index contributed by atoms with van der Waals surface area (Å²) in [5, 5.41) is 4.40. The van der Waals surface area contributed by atoms with Gasteiger partial charge in [-0.1, -0.05) is 24.3 Å². The molecule has 0 saturated carbocycles. The molecule has 3 nitrogen and oxygen atoms in total. The standard InChI is InChI=1S/C15H13FN2O/c1-17-9-15-18-8-14(19-15)12-6-7-13(16)11-5-3-2-4-10(11)12/h2-8,17H,9H2,1H3. The summed E-state index contributed by atoms with van der Waals surface area (Å²) in [6.07, 6.45) is 1.67. The Morgan fingerprint density at radius 1 is 1.16 bits per heavy atom. The first-order valence-corrected chi connectivity index (χ1v) is 6.06. The molecule has 0 amide bonds. The first-order valence-electron chi connectivity index (χ1n) is 6.06. The number of aromatic nitrogens is 1. The number of benzene rings is 2. The van der Waals surface area contributed by atoms with Crippen molar-refractivity contribution in [1.82, 2.24) is 10.3 Å². The zero-order valence-corrected chi connectivity index (χ0v) is 10.5. The van der Waals surface area contributed by atoms with Crippen molar-refractivity contribution in [2.45, 2.75) is 6.54 Å². The van der Waals surface area contributed by atoms with Gasteiger partial charge in [-0.3, -0.25) is 0 Å². The zero-order chi connectivity index (χ0) is 13.2. The van der Waals surface area contributed by atoms with Gasteiger partial charge in [0.05, 0.1) is 12.7 Å². The summed E-state index contributed by atoms with van der Waals surface area (Å²) in [4.78, 5) is 4.19. The minimum Gasteiger partial charge on any atom is -0.439 e. The summed E-state index contributed by atoms with van der Waals surface area (Å²) >= 11 is 0. The van der Waals surface area contributed by atoms with Gasteiger partial charge in [0.25, 0.3) is 0 Å². The van der Waals surface area contributed by atoms with E-state index in [1.807, 2.05) is 25.2 Å². The Morgan fingerprint density at radius 2 is 1.95 bits per heavy atom. The van der Waals surface area contributed by atoms with Gasteiger partial charge in [0.2, 0.25) is 5.89 Å². The van der Waals surface area contributed by atoms with Gasteiger partial charge in [-0.15, -0.1) is 0 Å². The third-order valence-electron chi connectivity index (χ3n) is 3.02. The van der Waals surface area contributed by atoms with Crippen molar-refractivity contribution < 1.29 is 8.81 Å². The number of hydrogen-bond donors (Lipinski definition) is 1. The molecule has 1 aromatic heterocycles. The fourth-order valence-electron chi connectivity index (χ4n) is 2.14.